The highest BCUT2D eigenvalue weighted by Crippen LogP contribution is 2.18. The Morgan fingerprint density at radius 1 is 1.20 bits per heavy atom. The topological polar surface area (TPSA) is 108 Å². The van der Waals surface area contributed by atoms with E-state index in [0.717, 1.165) is 0 Å². The lowest BCUT2D eigenvalue weighted by Gasteiger charge is -2.10. The third-order valence-electron chi connectivity index (χ3n) is 3.24. The Bertz CT molecular complexity index is 904. The number of sulfonamides is 1. The molecule has 0 atom stereocenters. The molecule has 0 bridgehead atoms. The minimum absolute atomic E-state index is 0.0470. The van der Waals surface area contributed by atoms with Gasteiger partial charge in [-0.2, -0.15) is 5.26 Å². The smallest absolute Gasteiger partial charge is 0.261 e. The van der Waals surface area contributed by atoms with Crippen molar-refractivity contribution in [2.45, 2.75) is 4.90 Å². The van der Waals surface area contributed by atoms with Crippen LogP contribution in [0, 0.1) is 11.3 Å². The van der Waals surface area contributed by atoms with Gasteiger partial charge in [-0.25, -0.2) is 8.42 Å². The Hall–Kier alpha value is -2.89. The summed E-state index contributed by atoms with van der Waals surface area (Å²) in [5.74, 6) is -0.388. The molecule has 8 heteroatoms. The van der Waals surface area contributed by atoms with Crippen LogP contribution in [-0.4, -0.2) is 34.6 Å². The van der Waals surface area contributed by atoms with Crippen LogP contribution in [-0.2, 0) is 14.8 Å². The van der Waals surface area contributed by atoms with E-state index in [0.29, 0.717) is 18.7 Å². The highest BCUT2D eigenvalue weighted by atomic mass is 32.2. The van der Waals surface area contributed by atoms with Crippen molar-refractivity contribution in [3.05, 3.63) is 59.7 Å². The van der Waals surface area contributed by atoms with E-state index in [1.165, 1.54) is 37.4 Å². The highest BCUT2D eigenvalue weighted by molar-refractivity contribution is 7.92. The molecule has 2 N–H and O–H groups in total. The van der Waals surface area contributed by atoms with Gasteiger partial charge in [0, 0.05) is 19.2 Å². The minimum Gasteiger partial charge on any atom is -0.383 e. The van der Waals surface area contributed by atoms with Crippen molar-refractivity contribution in [2.24, 2.45) is 0 Å². The van der Waals surface area contributed by atoms with Crippen LogP contribution < -0.4 is 10.0 Å². The zero-order chi connectivity index (χ0) is 18.3. The molecular formula is C17H17N3O4S. The predicted molar refractivity (Wildman–Crippen MR) is 92.6 cm³/mol. The third kappa shape index (κ3) is 5.04. The zero-order valence-corrected chi connectivity index (χ0v) is 14.3. The fraction of sp³-hybridized carbons (Fsp3) is 0.176. The van der Waals surface area contributed by atoms with Gasteiger partial charge >= 0.3 is 0 Å². The van der Waals surface area contributed by atoms with E-state index in [9.17, 15) is 13.2 Å². The molecule has 130 valence electrons. The summed E-state index contributed by atoms with van der Waals surface area (Å²) in [5, 5.41) is 11.5. The summed E-state index contributed by atoms with van der Waals surface area (Å²) in [6, 6.07) is 13.8. The number of carbonyl (C=O) groups is 1. The van der Waals surface area contributed by atoms with Crippen molar-refractivity contribution in [3.63, 3.8) is 0 Å². The SMILES string of the molecule is COCCNC(=O)c1cccc(S(=O)(=O)Nc2cccc(C#N)c2)c1. The van der Waals surface area contributed by atoms with Gasteiger partial charge in [0.25, 0.3) is 15.9 Å². The van der Waals surface area contributed by atoms with E-state index < -0.39 is 10.0 Å². The zero-order valence-electron chi connectivity index (χ0n) is 13.5. The van der Waals surface area contributed by atoms with Crippen molar-refractivity contribution in [1.29, 1.82) is 5.26 Å². The number of nitriles is 1. The molecule has 0 spiro atoms. The van der Waals surface area contributed by atoms with Crippen molar-refractivity contribution < 1.29 is 17.9 Å². The number of carbonyl (C=O) groups excluding carboxylic acids is 1. The summed E-state index contributed by atoms with van der Waals surface area (Å²) in [5.41, 5.74) is 0.838. The molecule has 0 radical (unpaired) electrons. The first kappa shape index (κ1) is 18.4. The number of ether oxygens (including phenoxy) is 1. The van der Waals surface area contributed by atoms with Gasteiger partial charge in [-0.1, -0.05) is 12.1 Å². The quantitative estimate of drug-likeness (QED) is 0.732. The molecule has 2 aromatic rings. The maximum Gasteiger partial charge on any atom is 0.261 e. The second kappa shape index (κ2) is 8.28. The summed E-state index contributed by atoms with van der Waals surface area (Å²) in [6.07, 6.45) is 0. The van der Waals surface area contributed by atoms with E-state index in [4.69, 9.17) is 10.00 Å². The van der Waals surface area contributed by atoms with Gasteiger partial charge in [0.1, 0.15) is 0 Å². The van der Waals surface area contributed by atoms with Crippen LogP contribution in [0.25, 0.3) is 0 Å². The lowest BCUT2D eigenvalue weighted by Crippen LogP contribution is -2.27. The normalized spacial score (nSPS) is 10.7. The van der Waals surface area contributed by atoms with E-state index in [1.54, 1.807) is 18.2 Å². The van der Waals surface area contributed by atoms with E-state index in [1.807, 2.05) is 6.07 Å². The van der Waals surface area contributed by atoms with E-state index in [-0.39, 0.29) is 22.1 Å². The van der Waals surface area contributed by atoms with Crippen LogP contribution >= 0.6 is 0 Å². The molecule has 2 aromatic carbocycles. The number of nitrogens with one attached hydrogen (secondary N) is 2. The molecule has 2 rings (SSSR count). The Morgan fingerprint density at radius 2 is 1.96 bits per heavy atom. The van der Waals surface area contributed by atoms with Crippen LogP contribution in [0.5, 0.6) is 0 Å². The molecule has 0 unspecified atom stereocenters. The van der Waals surface area contributed by atoms with Crippen LogP contribution in [0.3, 0.4) is 0 Å². The average molecular weight is 359 g/mol. The van der Waals surface area contributed by atoms with Gasteiger partial charge in [-0.15, -0.1) is 0 Å². The number of benzene rings is 2. The van der Waals surface area contributed by atoms with Crippen LogP contribution in [0.1, 0.15) is 15.9 Å². The first-order chi connectivity index (χ1) is 12.0. The molecular weight excluding hydrogens is 342 g/mol. The van der Waals surface area contributed by atoms with Gasteiger partial charge in [0.05, 0.1) is 28.8 Å². The molecule has 0 saturated carbocycles. The highest BCUT2D eigenvalue weighted by Gasteiger charge is 2.16. The van der Waals surface area contributed by atoms with Crippen molar-refractivity contribution in [3.8, 4) is 6.07 Å². The summed E-state index contributed by atoms with van der Waals surface area (Å²) >= 11 is 0. The Labute approximate surface area is 146 Å². The third-order valence-corrected chi connectivity index (χ3v) is 4.62. The lowest BCUT2D eigenvalue weighted by atomic mass is 10.2. The van der Waals surface area contributed by atoms with E-state index in [2.05, 4.69) is 10.0 Å². The second-order valence-electron chi connectivity index (χ2n) is 5.07. The maximum atomic E-state index is 12.5. The maximum absolute atomic E-state index is 12.5. The lowest BCUT2D eigenvalue weighted by molar-refractivity contribution is 0.0937. The number of amides is 1. The number of anilines is 1. The number of hydrogen-bond donors (Lipinski definition) is 2. The van der Waals surface area contributed by atoms with E-state index >= 15 is 0 Å². The van der Waals surface area contributed by atoms with Crippen molar-refractivity contribution in [2.75, 3.05) is 25.0 Å². The number of nitrogens with zero attached hydrogens (tertiary/aromatic N) is 1. The van der Waals surface area contributed by atoms with Crippen LogP contribution in [0.4, 0.5) is 5.69 Å². The molecule has 0 aliphatic heterocycles. The minimum atomic E-state index is -3.88. The second-order valence-corrected chi connectivity index (χ2v) is 6.76. The van der Waals surface area contributed by atoms with Crippen molar-refractivity contribution in [1.82, 2.24) is 5.32 Å². The van der Waals surface area contributed by atoms with Crippen LogP contribution in [0.2, 0.25) is 0 Å². The van der Waals surface area contributed by atoms with Gasteiger partial charge in [0.15, 0.2) is 0 Å². The largest absolute Gasteiger partial charge is 0.383 e. The molecule has 25 heavy (non-hydrogen) atoms. The first-order valence-electron chi connectivity index (χ1n) is 7.36. The molecule has 0 aliphatic carbocycles. The Kier molecular flexibility index (Phi) is 6.11. The molecule has 0 aliphatic rings. The average Bonchev–Trinajstić information content (AvgIpc) is 2.61. The van der Waals surface area contributed by atoms with Gasteiger partial charge in [-0.3, -0.25) is 9.52 Å². The summed E-state index contributed by atoms with van der Waals surface area (Å²) < 4.78 is 32.2. The summed E-state index contributed by atoms with van der Waals surface area (Å²) in [6.45, 7) is 0.687. The van der Waals surface area contributed by atoms with Gasteiger partial charge in [-0.05, 0) is 36.4 Å². The fourth-order valence-corrected chi connectivity index (χ4v) is 3.13. The number of rotatable bonds is 7. The Balaban J connectivity index is 2.20. The number of hydrogen-bond acceptors (Lipinski definition) is 5. The standard InChI is InChI=1S/C17H17N3O4S/c1-24-9-8-19-17(21)14-5-3-7-16(11-14)25(22,23)20-15-6-2-4-13(10-15)12-18/h2-7,10-11,20H,8-9H2,1H3,(H,19,21). The predicted octanol–water partition coefficient (Wildman–Crippen LogP) is 1.74. The molecule has 0 aromatic heterocycles. The number of methoxy groups -OCH3 is 1. The summed E-state index contributed by atoms with van der Waals surface area (Å²) in [4.78, 5) is 12.0. The summed E-state index contributed by atoms with van der Waals surface area (Å²) in [7, 11) is -2.36. The monoisotopic (exact) mass is 359 g/mol. The molecule has 0 saturated heterocycles. The first-order valence-corrected chi connectivity index (χ1v) is 8.85. The molecule has 0 fully saturated rings. The fourth-order valence-electron chi connectivity index (χ4n) is 2.04. The van der Waals surface area contributed by atoms with Crippen LogP contribution in [0.15, 0.2) is 53.4 Å². The van der Waals surface area contributed by atoms with Crippen molar-refractivity contribution >= 4 is 21.6 Å². The van der Waals surface area contributed by atoms with Gasteiger partial charge < -0.3 is 10.1 Å². The van der Waals surface area contributed by atoms with Gasteiger partial charge in [0.2, 0.25) is 0 Å². The molecule has 7 nitrogen and oxygen atoms in total. The Morgan fingerprint density at radius 3 is 2.68 bits per heavy atom. The molecule has 1 amide bonds. The molecule has 0 heterocycles.